The average molecular weight is 473 g/mol. The number of fused-ring (bicyclic) bond motifs is 2. The molecule has 4 heterocycles. The van der Waals surface area contributed by atoms with Crippen LogP contribution in [0.5, 0.6) is 0 Å². The van der Waals surface area contributed by atoms with E-state index in [1.807, 2.05) is 18.2 Å². The molecule has 2 aromatic rings. The van der Waals surface area contributed by atoms with Gasteiger partial charge in [0.25, 0.3) is 5.91 Å². The second-order valence-electron chi connectivity index (χ2n) is 8.47. The Morgan fingerprint density at radius 3 is 2.59 bits per heavy atom. The predicted molar refractivity (Wildman–Crippen MR) is 128 cm³/mol. The van der Waals surface area contributed by atoms with E-state index in [4.69, 9.17) is 9.98 Å². The summed E-state index contributed by atoms with van der Waals surface area (Å²) in [5, 5.41) is 0. The molecular formula is C22H28N6O2S2. The molecule has 3 aliphatic rings. The maximum absolute atomic E-state index is 13.1. The van der Waals surface area contributed by atoms with Crippen LogP contribution in [-0.2, 0) is 4.79 Å². The SMILES string of the molecule is CN1C(=O)C2C(N=C(N3CCCCCC3)N2CCSc2nc3ccccc3s2)N(C)C1=O. The van der Waals surface area contributed by atoms with Crippen molar-refractivity contribution in [2.75, 3.05) is 39.5 Å². The number of aromatic nitrogens is 1. The molecule has 0 N–H and O–H groups in total. The lowest BCUT2D eigenvalue weighted by atomic mass is 10.1. The molecule has 0 saturated carbocycles. The summed E-state index contributed by atoms with van der Waals surface area (Å²) < 4.78 is 2.22. The van der Waals surface area contributed by atoms with Crippen LogP contribution < -0.4 is 0 Å². The van der Waals surface area contributed by atoms with Crippen molar-refractivity contribution in [1.29, 1.82) is 0 Å². The third kappa shape index (κ3) is 3.83. The molecule has 8 nitrogen and oxygen atoms in total. The van der Waals surface area contributed by atoms with E-state index >= 15 is 0 Å². The van der Waals surface area contributed by atoms with Crippen LogP contribution in [0, 0.1) is 0 Å². The van der Waals surface area contributed by atoms with Crippen LogP contribution >= 0.6 is 23.1 Å². The summed E-state index contributed by atoms with van der Waals surface area (Å²) in [5.74, 6) is 1.50. The van der Waals surface area contributed by atoms with Crippen molar-refractivity contribution in [2.45, 2.75) is 42.2 Å². The summed E-state index contributed by atoms with van der Waals surface area (Å²) in [4.78, 5) is 42.6. The molecule has 2 atom stereocenters. The molecule has 2 saturated heterocycles. The standard InChI is InChI=1S/C22H28N6O2S2/c1-25-18-17(19(29)26(2)22(25)30)28(20(24-18)27-11-7-3-4-8-12-27)13-14-31-21-23-15-9-5-6-10-16(15)32-21/h5-6,9-10,17-18H,3-4,7-8,11-14H2,1-2H3. The summed E-state index contributed by atoms with van der Waals surface area (Å²) in [5.41, 5.74) is 1.03. The summed E-state index contributed by atoms with van der Waals surface area (Å²) in [7, 11) is 3.31. The number of hydrogen-bond acceptors (Lipinski definition) is 8. The summed E-state index contributed by atoms with van der Waals surface area (Å²) in [6.45, 7) is 2.57. The van der Waals surface area contributed by atoms with E-state index in [1.54, 1.807) is 42.1 Å². The molecule has 32 heavy (non-hydrogen) atoms. The minimum Gasteiger partial charge on any atom is -0.343 e. The highest BCUT2D eigenvalue weighted by molar-refractivity contribution is 8.01. The number of amides is 3. The number of imide groups is 1. The summed E-state index contributed by atoms with van der Waals surface area (Å²) in [6.07, 6.45) is 4.25. The molecule has 2 unspecified atom stereocenters. The van der Waals surface area contributed by atoms with Gasteiger partial charge in [0.15, 0.2) is 22.5 Å². The van der Waals surface area contributed by atoms with E-state index in [0.717, 1.165) is 47.5 Å². The minimum atomic E-state index is -0.461. The van der Waals surface area contributed by atoms with E-state index in [0.29, 0.717) is 6.54 Å². The Bertz CT molecular complexity index is 1010. The Morgan fingerprint density at radius 2 is 1.84 bits per heavy atom. The Morgan fingerprint density at radius 1 is 1.09 bits per heavy atom. The van der Waals surface area contributed by atoms with Crippen molar-refractivity contribution < 1.29 is 9.59 Å². The molecule has 10 heteroatoms. The van der Waals surface area contributed by atoms with Gasteiger partial charge < -0.3 is 14.7 Å². The van der Waals surface area contributed by atoms with Gasteiger partial charge in [-0.3, -0.25) is 9.69 Å². The van der Waals surface area contributed by atoms with Crippen molar-refractivity contribution in [3.63, 3.8) is 0 Å². The van der Waals surface area contributed by atoms with Gasteiger partial charge in [0.1, 0.15) is 0 Å². The molecule has 2 fully saturated rings. The Balaban J connectivity index is 1.37. The number of likely N-dealkylation sites (N-methyl/N-ethyl adjacent to an activating group) is 2. The van der Waals surface area contributed by atoms with Crippen LogP contribution in [0.3, 0.4) is 0 Å². The number of likely N-dealkylation sites (tertiary alicyclic amines) is 1. The summed E-state index contributed by atoms with van der Waals surface area (Å²) >= 11 is 3.42. The number of urea groups is 1. The summed E-state index contributed by atoms with van der Waals surface area (Å²) in [6, 6.07) is 7.42. The molecule has 170 valence electrons. The zero-order valence-electron chi connectivity index (χ0n) is 18.4. The number of guanidine groups is 1. The van der Waals surface area contributed by atoms with Crippen LogP contribution in [0.2, 0.25) is 0 Å². The highest BCUT2D eigenvalue weighted by Crippen LogP contribution is 2.32. The molecule has 3 aliphatic heterocycles. The fourth-order valence-electron chi connectivity index (χ4n) is 4.67. The second kappa shape index (κ2) is 8.90. The molecule has 1 aromatic carbocycles. The maximum Gasteiger partial charge on any atom is 0.328 e. The number of para-hydroxylation sites is 1. The molecule has 0 aliphatic carbocycles. The predicted octanol–water partition coefficient (Wildman–Crippen LogP) is 3.15. The number of benzene rings is 1. The fraction of sp³-hybridized carbons (Fsp3) is 0.545. The first-order chi connectivity index (χ1) is 15.5. The second-order valence-corrected chi connectivity index (χ2v) is 10.8. The van der Waals surface area contributed by atoms with Gasteiger partial charge in [0, 0.05) is 39.5 Å². The minimum absolute atomic E-state index is 0.170. The van der Waals surface area contributed by atoms with Crippen LogP contribution in [0.25, 0.3) is 10.2 Å². The van der Waals surface area contributed by atoms with Gasteiger partial charge in [0.05, 0.1) is 10.2 Å². The highest BCUT2D eigenvalue weighted by atomic mass is 32.2. The van der Waals surface area contributed by atoms with Gasteiger partial charge in [-0.15, -0.1) is 11.3 Å². The number of rotatable bonds is 4. The number of thiazole rings is 1. The molecule has 5 rings (SSSR count). The first-order valence-electron chi connectivity index (χ1n) is 11.2. The Labute approximate surface area is 196 Å². The van der Waals surface area contributed by atoms with Gasteiger partial charge in [0.2, 0.25) is 0 Å². The highest BCUT2D eigenvalue weighted by Gasteiger charge is 2.51. The van der Waals surface area contributed by atoms with Gasteiger partial charge in [-0.25, -0.2) is 14.8 Å². The van der Waals surface area contributed by atoms with Crippen LogP contribution in [0.4, 0.5) is 4.79 Å². The molecule has 0 radical (unpaired) electrons. The van der Waals surface area contributed by atoms with Crippen molar-refractivity contribution in [2.24, 2.45) is 4.99 Å². The van der Waals surface area contributed by atoms with Gasteiger partial charge in [-0.05, 0) is 25.0 Å². The largest absolute Gasteiger partial charge is 0.343 e. The molecule has 0 spiro atoms. The van der Waals surface area contributed by atoms with Crippen molar-refractivity contribution >= 4 is 51.2 Å². The smallest absolute Gasteiger partial charge is 0.328 e. The van der Waals surface area contributed by atoms with Crippen LogP contribution in [-0.4, -0.2) is 94.2 Å². The van der Waals surface area contributed by atoms with Gasteiger partial charge in [-0.1, -0.05) is 36.7 Å². The van der Waals surface area contributed by atoms with Crippen molar-refractivity contribution in [3.8, 4) is 0 Å². The van der Waals surface area contributed by atoms with E-state index in [2.05, 4.69) is 15.9 Å². The number of carbonyl (C=O) groups is 2. The lowest BCUT2D eigenvalue weighted by Gasteiger charge is -2.40. The van der Waals surface area contributed by atoms with Crippen LogP contribution in [0.15, 0.2) is 33.6 Å². The number of hydrogen-bond donors (Lipinski definition) is 0. The van der Waals surface area contributed by atoms with Gasteiger partial charge >= 0.3 is 6.03 Å². The topological polar surface area (TPSA) is 72.4 Å². The first kappa shape index (κ1) is 21.5. The Kier molecular flexibility index (Phi) is 5.98. The molecule has 0 bridgehead atoms. The maximum atomic E-state index is 13.1. The lowest BCUT2D eigenvalue weighted by molar-refractivity contribution is -0.136. The van der Waals surface area contributed by atoms with Gasteiger partial charge in [-0.2, -0.15) is 0 Å². The number of aliphatic imine (C=N–C) groups is 1. The third-order valence-corrected chi connectivity index (χ3v) is 8.57. The number of carbonyl (C=O) groups excluding carboxylic acids is 2. The fourth-order valence-corrected chi connectivity index (χ4v) is 6.74. The zero-order valence-corrected chi connectivity index (χ0v) is 20.1. The van der Waals surface area contributed by atoms with E-state index < -0.39 is 12.2 Å². The monoisotopic (exact) mass is 472 g/mol. The van der Waals surface area contributed by atoms with E-state index in [9.17, 15) is 9.59 Å². The quantitative estimate of drug-likeness (QED) is 0.637. The number of thioether (sulfide) groups is 1. The van der Waals surface area contributed by atoms with Crippen molar-refractivity contribution in [1.82, 2.24) is 24.6 Å². The number of nitrogens with zero attached hydrogens (tertiary/aromatic N) is 6. The third-order valence-electron chi connectivity index (χ3n) is 6.41. The van der Waals surface area contributed by atoms with E-state index in [1.165, 1.54) is 22.4 Å². The normalized spacial score (nSPS) is 24.2. The Hall–Kier alpha value is -2.33. The molecular weight excluding hydrogens is 444 g/mol. The molecule has 3 amide bonds. The first-order valence-corrected chi connectivity index (χ1v) is 13.0. The van der Waals surface area contributed by atoms with Crippen LogP contribution in [0.1, 0.15) is 25.7 Å². The molecule has 1 aromatic heterocycles. The van der Waals surface area contributed by atoms with Crippen molar-refractivity contribution in [3.05, 3.63) is 24.3 Å². The zero-order chi connectivity index (χ0) is 22.2. The lowest BCUT2D eigenvalue weighted by Crippen LogP contribution is -2.64. The average Bonchev–Trinajstić information content (AvgIpc) is 3.27. The van der Waals surface area contributed by atoms with E-state index in [-0.39, 0.29) is 11.9 Å².